The Morgan fingerprint density at radius 1 is 1.58 bits per heavy atom. The minimum absolute atomic E-state index is 0.0559. The molecular weight excluding hydrogens is 268 g/mol. The normalized spacial score (nSPS) is 20.5. The fraction of sp³-hybridized carbons (Fsp3) is 0.462. The van der Waals surface area contributed by atoms with E-state index in [2.05, 4.69) is 4.98 Å². The van der Waals surface area contributed by atoms with E-state index in [0.29, 0.717) is 23.6 Å². The van der Waals surface area contributed by atoms with Crippen LogP contribution in [-0.2, 0) is 14.3 Å². The highest BCUT2D eigenvalue weighted by molar-refractivity contribution is 6.30. The Labute approximate surface area is 116 Å². The minimum atomic E-state index is -0.523. The summed E-state index contributed by atoms with van der Waals surface area (Å²) >= 11 is 5.79. The zero-order valence-corrected chi connectivity index (χ0v) is 11.6. The Kier molecular flexibility index (Phi) is 4.04. The summed E-state index contributed by atoms with van der Waals surface area (Å²) < 4.78 is 4.74. The molecule has 1 aliphatic rings. The average Bonchev–Trinajstić information content (AvgIpc) is 2.80. The van der Waals surface area contributed by atoms with Crippen LogP contribution < -0.4 is 0 Å². The number of pyridine rings is 1. The number of aromatic nitrogens is 1. The smallest absolute Gasteiger partial charge is 0.328 e. The standard InChI is InChI=1S/C13H15ClN2O3/c1-8(10-4-3-9(14)7-15-10)16-11(13(18)19-2)5-6-12(16)17/h3-4,7-8,11H,5-6H2,1-2H3. The summed E-state index contributed by atoms with van der Waals surface area (Å²) in [6.45, 7) is 1.84. The van der Waals surface area contributed by atoms with E-state index in [1.165, 1.54) is 13.3 Å². The number of hydrogen-bond acceptors (Lipinski definition) is 4. The van der Waals surface area contributed by atoms with Gasteiger partial charge in [0.15, 0.2) is 0 Å². The fourth-order valence-corrected chi connectivity index (χ4v) is 2.44. The zero-order valence-electron chi connectivity index (χ0n) is 10.8. The molecule has 2 heterocycles. The lowest BCUT2D eigenvalue weighted by atomic mass is 10.1. The van der Waals surface area contributed by atoms with Crippen LogP contribution in [0.4, 0.5) is 0 Å². The Balaban J connectivity index is 2.24. The van der Waals surface area contributed by atoms with Gasteiger partial charge < -0.3 is 9.64 Å². The molecule has 102 valence electrons. The maximum absolute atomic E-state index is 12.0. The number of methoxy groups -OCH3 is 1. The van der Waals surface area contributed by atoms with E-state index in [1.807, 2.05) is 6.92 Å². The number of carbonyl (C=O) groups excluding carboxylic acids is 2. The van der Waals surface area contributed by atoms with Gasteiger partial charge in [0, 0.05) is 12.6 Å². The van der Waals surface area contributed by atoms with Crippen molar-refractivity contribution in [1.82, 2.24) is 9.88 Å². The highest BCUT2D eigenvalue weighted by atomic mass is 35.5. The third-order valence-corrected chi connectivity index (χ3v) is 3.55. The van der Waals surface area contributed by atoms with Crippen LogP contribution in [0.3, 0.4) is 0 Å². The molecule has 0 radical (unpaired) electrons. The summed E-state index contributed by atoms with van der Waals surface area (Å²) in [5, 5.41) is 0.535. The second kappa shape index (κ2) is 5.57. The van der Waals surface area contributed by atoms with Crippen LogP contribution in [0.25, 0.3) is 0 Å². The van der Waals surface area contributed by atoms with Crippen molar-refractivity contribution in [3.05, 3.63) is 29.0 Å². The molecule has 0 spiro atoms. The Bertz CT molecular complexity index is 489. The van der Waals surface area contributed by atoms with E-state index in [4.69, 9.17) is 16.3 Å². The predicted molar refractivity (Wildman–Crippen MR) is 69.5 cm³/mol. The van der Waals surface area contributed by atoms with Crippen molar-refractivity contribution in [2.24, 2.45) is 0 Å². The number of hydrogen-bond donors (Lipinski definition) is 0. The van der Waals surface area contributed by atoms with E-state index in [9.17, 15) is 9.59 Å². The predicted octanol–water partition coefficient (Wildman–Crippen LogP) is 1.96. The lowest BCUT2D eigenvalue weighted by molar-refractivity contribution is -0.150. The largest absolute Gasteiger partial charge is 0.467 e. The highest BCUT2D eigenvalue weighted by Gasteiger charge is 2.40. The third kappa shape index (κ3) is 2.71. The van der Waals surface area contributed by atoms with Crippen molar-refractivity contribution >= 4 is 23.5 Å². The van der Waals surface area contributed by atoms with Crippen LogP contribution in [0.15, 0.2) is 18.3 Å². The topological polar surface area (TPSA) is 59.5 Å². The van der Waals surface area contributed by atoms with Gasteiger partial charge in [-0.2, -0.15) is 0 Å². The number of rotatable bonds is 3. The van der Waals surface area contributed by atoms with Crippen LogP contribution in [0.1, 0.15) is 31.5 Å². The summed E-state index contributed by atoms with van der Waals surface area (Å²) in [5.74, 6) is -0.439. The SMILES string of the molecule is COC(=O)C1CCC(=O)N1C(C)c1ccc(Cl)cn1. The molecule has 1 aliphatic heterocycles. The molecule has 1 aromatic rings. The molecule has 1 aromatic heterocycles. The van der Waals surface area contributed by atoms with Crippen molar-refractivity contribution in [2.45, 2.75) is 31.8 Å². The molecule has 0 aromatic carbocycles. The van der Waals surface area contributed by atoms with E-state index >= 15 is 0 Å². The van der Waals surface area contributed by atoms with Gasteiger partial charge in [0.05, 0.1) is 23.9 Å². The summed E-state index contributed by atoms with van der Waals surface area (Å²) in [7, 11) is 1.33. The van der Waals surface area contributed by atoms with Crippen LogP contribution in [-0.4, -0.2) is 34.9 Å². The van der Waals surface area contributed by atoms with Crippen molar-refractivity contribution in [2.75, 3.05) is 7.11 Å². The van der Waals surface area contributed by atoms with Gasteiger partial charge in [-0.1, -0.05) is 11.6 Å². The Morgan fingerprint density at radius 3 is 2.89 bits per heavy atom. The monoisotopic (exact) mass is 282 g/mol. The molecular formula is C13H15ClN2O3. The summed E-state index contributed by atoms with van der Waals surface area (Å²) in [4.78, 5) is 29.4. The van der Waals surface area contributed by atoms with Gasteiger partial charge in [-0.25, -0.2) is 4.79 Å². The van der Waals surface area contributed by atoms with Gasteiger partial charge in [-0.15, -0.1) is 0 Å². The molecule has 0 saturated carbocycles. The molecule has 2 unspecified atom stereocenters. The molecule has 0 N–H and O–H groups in total. The first-order valence-electron chi connectivity index (χ1n) is 6.05. The molecule has 2 atom stereocenters. The van der Waals surface area contributed by atoms with E-state index in [0.717, 1.165) is 0 Å². The van der Waals surface area contributed by atoms with Crippen LogP contribution >= 0.6 is 11.6 Å². The highest BCUT2D eigenvalue weighted by Crippen LogP contribution is 2.30. The molecule has 1 amide bonds. The van der Waals surface area contributed by atoms with E-state index in [-0.39, 0.29) is 17.9 Å². The number of ether oxygens (including phenoxy) is 1. The minimum Gasteiger partial charge on any atom is -0.467 e. The van der Waals surface area contributed by atoms with Crippen molar-refractivity contribution in [3.8, 4) is 0 Å². The molecule has 0 aliphatic carbocycles. The van der Waals surface area contributed by atoms with Gasteiger partial charge in [0.2, 0.25) is 5.91 Å². The van der Waals surface area contributed by atoms with Gasteiger partial charge in [0.25, 0.3) is 0 Å². The van der Waals surface area contributed by atoms with Crippen LogP contribution in [0.2, 0.25) is 5.02 Å². The second-order valence-electron chi connectivity index (χ2n) is 4.46. The first kappa shape index (κ1) is 13.8. The van der Waals surface area contributed by atoms with Gasteiger partial charge >= 0.3 is 5.97 Å². The summed E-state index contributed by atoms with van der Waals surface area (Å²) in [6.07, 6.45) is 2.38. The molecule has 1 saturated heterocycles. The number of carbonyl (C=O) groups is 2. The number of amides is 1. The lowest BCUT2D eigenvalue weighted by Crippen LogP contribution is -2.41. The first-order chi connectivity index (χ1) is 9.04. The van der Waals surface area contributed by atoms with Crippen molar-refractivity contribution in [3.63, 3.8) is 0 Å². The number of nitrogens with zero attached hydrogens (tertiary/aromatic N) is 2. The summed E-state index contributed by atoms with van der Waals surface area (Å²) in [5.41, 5.74) is 0.702. The molecule has 6 heteroatoms. The van der Waals surface area contributed by atoms with Gasteiger partial charge in [0.1, 0.15) is 6.04 Å². The van der Waals surface area contributed by atoms with Crippen LogP contribution in [0, 0.1) is 0 Å². The maximum atomic E-state index is 12.0. The lowest BCUT2D eigenvalue weighted by Gasteiger charge is -2.29. The van der Waals surface area contributed by atoms with Crippen molar-refractivity contribution < 1.29 is 14.3 Å². The Hall–Kier alpha value is -1.62. The maximum Gasteiger partial charge on any atom is 0.328 e. The average molecular weight is 283 g/mol. The number of esters is 1. The van der Waals surface area contributed by atoms with Crippen LogP contribution in [0.5, 0.6) is 0 Å². The number of halogens is 1. The fourth-order valence-electron chi connectivity index (χ4n) is 2.33. The summed E-state index contributed by atoms with van der Waals surface area (Å²) in [6, 6.07) is 2.67. The first-order valence-corrected chi connectivity index (χ1v) is 6.43. The van der Waals surface area contributed by atoms with Gasteiger partial charge in [-0.3, -0.25) is 9.78 Å². The molecule has 19 heavy (non-hydrogen) atoms. The molecule has 1 fully saturated rings. The van der Waals surface area contributed by atoms with E-state index in [1.54, 1.807) is 17.0 Å². The molecule has 2 rings (SSSR count). The zero-order chi connectivity index (χ0) is 14.0. The molecule has 0 bridgehead atoms. The second-order valence-corrected chi connectivity index (χ2v) is 4.89. The van der Waals surface area contributed by atoms with Gasteiger partial charge in [-0.05, 0) is 25.5 Å². The van der Waals surface area contributed by atoms with Crippen molar-refractivity contribution in [1.29, 1.82) is 0 Å². The molecule has 5 nitrogen and oxygen atoms in total. The van der Waals surface area contributed by atoms with E-state index < -0.39 is 6.04 Å². The quantitative estimate of drug-likeness (QED) is 0.795. The number of likely N-dealkylation sites (tertiary alicyclic amines) is 1. The third-order valence-electron chi connectivity index (χ3n) is 3.32. The Morgan fingerprint density at radius 2 is 2.32 bits per heavy atom.